The van der Waals surface area contributed by atoms with Crippen LogP contribution < -0.4 is 4.74 Å². The molecule has 0 fully saturated rings. The number of pyridine rings is 1. The zero-order valence-corrected chi connectivity index (χ0v) is 8.92. The van der Waals surface area contributed by atoms with Gasteiger partial charge in [-0.15, -0.1) is 0 Å². The van der Waals surface area contributed by atoms with E-state index in [9.17, 15) is 0 Å². The first kappa shape index (κ1) is 10.2. The lowest BCUT2D eigenvalue weighted by Crippen LogP contribution is -2.01. The van der Waals surface area contributed by atoms with Gasteiger partial charge in [0.1, 0.15) is 17.6 Å². The molecular formula is C12H11N3O. The lowest BCUT2D eigenvalue weighted by molar-refractivity contribution is 0.326. The first-order valence-corrected chi connectivity index (χ1v) is 5.03. The fraction of sp³-hybridized carbons (Fsp3) is 0.167. The Hall–Kier alpha value is -2.28. The molecule has 2 rings (SSSR count). The third-order valence-corrected chi connectivity index (χ3v) is 2.11. The third-order valence-electron chi connectivity index (χ3n) is 2.11. The summed E-state index contributed by atoms with van der Waals surface area (Å²) >= 11 is 0. The van der Waals surface area contributed by atoms with Crippen LogP contribution in [0.4, 0.5) is 0 Å². The molecule has 0 aliphatic carbocycles. The molecular weight excluding hydrogens is 202 g/mol. The van der Waals surface area contributed by atoms with Crippen LogP contribution in [-0.2, 0) is 0 Å². The highest BCUT2D eigenvalue weighted by molar-refractivity contribution is 5.35. The van der Waals surface area contributed by atoms with E-state index in [4.69, 9.17) is 10.00 Å². The predicted molar refractivity (Wildman–Crippen MR) is 59.4 cm³/mol. The average molecular weight is 213 g/mol. The lowest BCUT2D eigenvalue weighted by Gasteiger charge is -2.06. The van der Waals surface area contributed by atoms with Gasteiger partial charge in [0.25, 0.3) is 0 Å². The first-order chi connectivity index (χ1) is 7.85. The summed E-state index contributed by atoms with van der Waals surface area (Å²) in [5.41, 5.74) is 0.557. The topological polar surface area (TPSA) is 50.8 Å². The normalized spacial score (nSPS) is 9.75. The van der Waals surface area contributed by atoms with Crippen LogP contribution in [-0.4, -0.2) is 16.2 Å². The quantitative estimate of drug-likeness (QED) is 0.784. The van der Waals surface area contributed by atoms with Crippen molar-refractivity contribution in [2.75, 3.05) is 6.61 Å². The Bertz CT molecular complexity index is 525. The van der Waals surface area contributed by atoms with Gasteiger partial charge in [-0.2, -0.15) is 10.2 Å². The standard InChI is InChI=1S/C12H11N3O/c1-2-16-12-7-3-6-11(14-12)15-8-4-5-10(15)9-13/h3-8H,2H2,1H3. The molecule has 0 amide bonds. The number of hydrogen-bond donors (Lipinski definition) is 0. The maximum atomic E-state index is 8.91. The van der Waals surface area contributed by atoms with Gasteiger partial charge < -0.3 is 4.74 Å². The van der Waals surface area contributed by atoms with Crippen molar-refractivity contribution in [1.82, 2.24) is 9.55 Å². The van der Waals surface area contributed by atoms with Gasteiger partial charge in [0.05, 0.1) is 6.61 Å². The van der Waals surface area contributed by atoms with Crippen molar-refractivity contribution in [3.8, 4) is 17.8 Å². The van der Waals surface area contributed by atoms with Crippen LogP contribution in [0.5, 0.6) is 5.88 Å². The number of ether oxygens (including phenoxy) is 1. The minimum absolute atomic E-state index is 0.557. The molecule has 0 aliphatic heterocycles. The molecule has 2 aromatic rings. The summed E-state index contributed by atoms with van der Waals surface area (Å²) in [5, 5.41) is 8.91. The molecule has 0 saturated carbocycles. The van der Waals surface area contributed by atoms with Gasteiger partial charge in [-0.25, -0.2) is 0 Å². The summed E-state index contributed by atoms with van der Waals surface area (Å²) in [4.78, 5) is 4.30. The Morgan fingerprint density at radius 2 is 2.25 bits per heavy atom. The van der Waals surface area contributed by atoms with Crippen molar-refractivity contribution in [1.29, 1.82) is 5.26 Å². The highest BCUT2D eigenvalue weighted by Crippen LogP contribution is 2.13. The fourth-order valence-corrected chi connectivity index (χ4v) is 1.44. The number of nitriles is 1. The van der Waals surface area contributed by atoms with Crippen molar-refractivity contribution in [2.45, 2.75) is 6.92 Å². The largest absolute Gasteiger partial charge is 0.478 e. The zero-order chi connectivity index (χ0) is 11.4. The Labute approximate surface area is 93.7 Å². The van der Waals surface area contributed by atoms with Crippen molar-refractivity contribution < 1.29 is 4.74 Å². The first-order valence-electron chi connectivity index (χ1n) is 5.03. The summed E-state index contributed by atoms with van der Waals surface area (Å²) in [5.74, 6) is 1.25. The van der Waals surface area contributed by atoms with Gasteiger partial charge in [-0.3, -0.25) is 4.57 Å². The van der Waals surface area contributed by atoms with Crippen molar-refractivity contribution in [3.05, 3.63) is 42.2 Å². The van der Waals surface area contributed by atoms with Crippen LogP contribution in [0.1, 0.15) is 12.6 Å². The van der Waals surface area contributed by atoms with Crippen LogP contribution in [0.2, 0.25) is 0 Å². The number of hydrogen-bond acceptors (Lipinski definition) is 3. The van der Waals surface area contributed by atoms with Gasteiger partial charge in [0, 0.05) is 12.3 Å². The molecule has 0 unspecified atom stereocenters. The van der Waals surface area contributed by atoms with Crippen LogP contribution in [0.3, 0.4) is 0 Å². The van der Waals surface area contributed by atoms with Crippen LogP contribution in [0, 0.1) is 11.3 Å². The van der Waals surface area contributed by atoms with Crippen LogP contribution >= 0.6 is 0 Å². The molecule has 0 spiro atoms. The van der Waals surface area contributed by atoms with Gasteiger partial charge in [-0.1, -0.05) is 6.07 Å². The van der Waals surface area contributed by atoms with Crippen LogP contribution in [0.25, 0.3) is 5.82 Å². The van der Waals surface area contributed by atoms with Crippen LogP contribution in [0.15, 0.2) is 36.5 Å². The van der Waals surface area contributed by atoms with Gasteiger partial charge in [-0.05, 0) is 25.1 Å². The highest BCUT2D eigenvalue weighted by atomic mass is 16.5. The second-order valence-electron chi connectivity index (χ2n) is 3.14. The number of aromatic nitrogens is 2. The Balaban J connectivity index is 2.41. The second kappa shape index (κ2) is 4.49. The maximum Gasteiger partial charge on any atom is 0.215 e. The molecule has 0 atom stereocenters. The van der Waals surface area contributed by atoms with E-state index in [0.29, 0.717) is 24.0 Å². The Kier molecular flexibility index (Phi) is 2.88. The smallest absolute Gasteiger partial charge is 0.215 e. The summed E-state index contributed by atoms with van der Waals surface area (Å²) in [6, 6.07) is 11.2. The van der Waals surface area contributed by atoms with Gasteiger partial charge in [0.15, 0.2) is 0 Å². The minimum atomic E-state index is 0.557. The lowest BCUT2D eigenvalue weighted by atomic mass is 10.4. The molecule has 2 aromatic heterocycles. The summed E-state index contributed by atoms with van der Waals surface area (Å²) in [7, 11) is 0. The Morgan fingerprint density at radius 1 is 1.38 bits per heavy atom. The minimum Gasteiger partial charge on any atom is -0.478 e. The van der Waals surface area contributed by atoms with E-state index in [0.717, 1.165) is 0 Å². The molecule has 0 aromatic carbocycles. The summed E-state index contributed by atoms with van der Waals surface area (Å²) in [6.07, 6.45) is 1.80. The molecule has 16 heavy (non-hydrogen) atoms. The fourth-order valence-electron chi connectivity index (χ4n) is 1.44. The molecule has 80 valence electrons. The zero-order valence-electron chi connectivity index (χ0n) is 8.92. The van der Waals surface area contributed by atoms with E-state index >= 15 is 0 Å². The molecule has 0 saturated heterocycles. The van der Waals surface area contributed by atoms with E-state index in [1.54, 1.807) is 22.9 Å². The SMILES string of the molecule is CCOc1cccc(-n2cccc2C#N)n1. The van der Waals surface area contributed by atoms with E-state index < -0.39 is 0 Å². The molecule has 0 bridgehead atoms. The molecule has 4 heteroatoms. The average Bonchev–Trinajstić information content (AvgIpc) is 2.78. The van der Waals surface area contributed by atoms with Gasteiger partial charge >= 0.3 is 0 Å². The van der Waals surface area contributed by atoms with E-state index in [1.807, 2.05) is 25.1 Å². The molecule has 2 heterocycles. The number of nitrogens with zero attached hydrogens (tertiary/aromatic N) is 3. The molecule has 0 radical (unpaired) electrons. The third kappa shape index (κ3) is 1.89. The monoisotopic (exact) mass is 213 g/mol. The predicted octanol–water partition coefficient (Wildman–Crippen LogP) is 2.14. The molecule has 0 aliphatic rings. The van der Waals surface area contributed by atoms with E-state index in [-0.39, 0.29) is 0 Å². The second-order valence-corrected chi connectivity index (χ2v) is 3.14. The van der Waals surface area contributed by atoms with E-state index in [1.165, 1.54) is 0 Å². The highest BCUT2D eigenvalue weighted by Gasteiger charge is 2.04. The van der Waals surface area contributed by atoms with Crippen molar-refractivity contribution in [3.63, 3.8) is 0 Å². The van der Waals surface area contributed by atoms with E-state index in [2.05, 4.69) is 11.1 Å². The Morgan fingerprint density at radius 3 is 3.00 bits per heavy atom. The van der Waals surface area contributed by atoms with Crippen molar-refractivity contribution in [2.24, 2.45) is 0 Å². The summed E-state index contributed by atoms with van der Waals surface area (Å²) in [6.45, 7) is 2.48. The number of rotatable bonds is 3. The van der Waals surface area contributed by atoms with Gasteiger partial charge in [0.2, 0.25) is 5.88 Å². The molecule has 0 N–H and O–H groups in total. The van der Waals surface area contributed by atoms with Crippen molar-refractivity contribution >= 4 is 0 Å². The molecule has 4 nitrogen and oxygen atoms in total. The summed E-state index contributed by atoms with van der Waals surface area (Å²) < 4.78 is 7.04. The maximum absolute atomic E-state index is 8.91.